The molecular weight excluding hydrogens is 368 g/mol. The highest BCUT2D eigenvalue weighted by Gasteiger charge is 2.41. The van der Waals surface area contributed by atoms with Crippen LogP contribution in [0.2, 0.25) is 36.3 Å². The lowest BCUT2D eigenvalue weighted by atomic mass is 10.1. The van der Waals surface area contributed by atoms with Crippen LogP contribution in [0.5, 0.6) is 0 Å². The van der Waals surface area contributed by atoms with Crippen LogP contribution in [0, 0.1) is 0 Å². The third-order valence-electron chi connectivity index (χ3n) is 6.14. The van der Waals surface area contributed by atoms with Crippen molar-refractivity contribution < 1.29 is 14.0 Å². The zero-order chi connectivity index (χ0) is 21.7. The van der Waals surface area contributed by atoms with E-state index in [0.29, 0.717) is 13.0 Å². The van der Waals surface area contributed by atoms with Gasteiger partial charge >= 0.3 is 0 Å². The Balaban J connectivity index is 5.36. The quantitative estimate of drug-likeness (QED) is 0.320. The number of aliphatic hydroxyl groups is 1. The lowest BCUT2D eigenvalue weighted by molar-refractivity contribution is 0.107. The largest absolute Gasteiger partial charge is 0.414 e. The second-order valence-electron chi connectivity index (χ2n) is 10.9. The monoisotopic (exact) mass is 414 g/mol. The van der Waals surface area contributed by atoms with Crippen molar-refractivity contribution in [3.8, 4) is 0 Å². The van der Waals surface area contributed by atoms with Crippen LogP contribution in [0.15, 0.2) is 24.3 Å². The Hall–Kier alpha value is -0.206. The molecule has 0 saturated heterocycles. The van der Waals surface area contributed by atoms with Crippen LogP contribution in [0.25, 0.3) is 0 Å². The molecule has 5 heteroatoms. The second kappa shape index (κ2) is 10.0. The van der Waals surface area contributed by atoms with E-state index in [1.54, 1.807) is 6.08 Å². The maximum absolute atomic E-state index is 10.1. The van der Waals surface area contributed by atoms with Crippen molar-refractivity contribution in [1.29, 1.82) is 0 Å². The molecular formula is C22H46O3Si2. The third-order valence-corrected chi connectivity index (χ3v) is 15.2. The highest BCUT2D eigenvalue weighted by Crippen LogP contribution is 2.39. The fraction of sp³-hybridized carbons (Fsp3) is 0.818. The van der Waals surface area contributed by atoms with Gasteiger partial charge in [0.2, 0.25) is 0 Å². The van der Waals surface area contributed by atoms with Gasteiger partial charge in [0.15, 0.2) is 16.6 Å². The van der Waals surface area contributed by atoms with Crippen molar-refractivity contribution in [2.45, 2.75) is 110 Å². The number of aliphatic hydroxyl groups excluding tert-OH is 1. The van der Waals surface area contributed by atoms with Gasteiger partial charge in [0.25, 0.3) is 0 Å². The molecule has 3 nitrogen and oxygen atoms in total. The zero-order valence-electron chi connectivity index (χ0n) is 19.9. The minimum absolute atomic E-state index is 0.0206. The van der Waals surface area contributed by atoms with Gasteiger partial charge in [-0.2, -0.15) is 0 Å². The third kappa shape index (κ3) is 9.22. The molecule has 27 heavy (non-hydrogen) atoms. The summed E-state index contributed by atoms with van der Waals surface area (Å²) in [5.41, 5.74) is 1.15. The van der Waals surface area contributed by atoms with E-state index in [4.69, 9.17) is 8.85 Å². The fourth-order valence-corrected chi connectivity index (χ4v) is 4.61. The van der Waals surface area contributed by atoms with Crippen LogP contribution in [0.1, 0.15) is 61.3 Å². The van der Waals surface area contributed by atoms with Crippen molar-refractivity contribution in [2.24, 2.45) is 0 Å². The van der Waals surface area contributed by atoms with Gasteiger partial charge in [0.05, 0.1) is 18.8 Å². The molecule has 160 valence electrons. The molecule has 0 aliphatic carbocycles. The van der Waals surface area contributed by atoms with Crippen molar-refractivity contribution in [3.63, 3.8) is 0 Å². The van der Waals surface area contributed by atoms with E-state index in [2.05, 4.69) is 81.2 Å². The summed E-state index contributed by atoms with van der Waals surface area (Å²) in [6.07, 6.45) is 4.58. The second-order valence-corrected chi connectivity index (χ2v) is 20.4. The molecule has 0 heterocycles. The van der Waals surface area contributed by atoms with E-state index >= 15 is 0 Å². The molecule has 0 spiro atoms. The first-order chi connectivity index (χ1) is 11.9. The lowest BCUT2D eigenvalue weighted by Gasteiger charge is -2.41. The Bertz CT molecular complexity index is 497. The maximum atomic E-state index is 10.1. The average molecular weight is 415 g/mol. The van der Waals surface area contributed by atoms with E-state index in [-0.39, 0.29) is 16.2 Å². The normalized spacial score (nSPS) is 17.0. The van der Waals surface area contributed by atoms with Crippen LogP contribution in [0.4, 0.5) is 0 Å². The first-order valence-corrected chi connectivity index (χ1v) is 16.0. The summed E-state index contributed by atoms with van der Waals surface area (Å²) < 4.78 is 13.2. The van der Waals surface area contributed by atoms with Crippen molar-refractivity contribution in [1.82, 2.24) is 0 Å². The van der Waals surface area contributed by atoms with E-state index in [1.165, 1.54) is 0 Å². The topological polar surface area (TPSA) is 38.7 Å². The predicted molar refractivity (Wildman–Crippen MR) is 124 cm³/mol. The summed E-state index contributed by atoms with van der Waals surface area (Å²) in [4.78, 5) is 0. The van der Waals surface area contributed by atoms with E-state index < -0.39 is 22.7 Å². The first-order valence-electron chi connectivity index (χ1n) is 10.2. The van der Waals surface area contributed by atoms with Gasteiger partial charge in [-0.15, -0.1) is 6.58 Å². The maximum Gasteiger partial charge on any atom is 0.192 e. The number of rotatable bonds is 10. The van der Waals surface area contributed by atoms with Gasteiger partial charge in [-0.05, 0) is 56.0 Å². The molecule has 0 saturated carbocycles. The van der Waals surface area contributed by atoms with E-state index in [1.807, 2.05) is 6.08 Å². The van der Waals surface area contributed by atoms with Crippen molar-refractivity contribution in [2.75, 3.05) is 6.61 Å². The smallest absolute Gasteiger partial charge is 0.192 e. The van der Waals surface area contributed by atoms with Crippen LogP contribution >= 0.6 is 0 Å². The number of hydrogen-bond donors (Lipinski definition) is 1. The molecule has 0 aliphatic rings. The molecule has 0 aromatic heterocycles. The van der Waals surface area contributed by atoms with Gasteiger partial charge in [0, 0.05) is 0 Å². The highest BCUT2D eigenvalue weighted by molar-refractivity contribution is 6.74. The molecule has 1 N–H and O–H groups in total. The highest BCUT2D eigenvalue weighted by atomic mass is 28.4. The van der Waals surface area contributed by atoms with E-state index in [9.17, 15) is 5.11 Å². The summed E-state index contributed by atoms with van der Waals surface area (Å²) in [5.74, 6) is 0. The van der Waals surface area contributed by atoms with E-state index in [0.717, 1.165) is 12.0 Å². The molecule has 0 rings (SSSR count). The Kier molecular flexibility index (Phi) is 9.94. The Morgan fingerprint density at radius 2 is 1.48 bits per heavy atom. The predicted octanol–water partition coefficient (Wildman–Crippen LogP) is 6.67. The fourth-order valence-electron chi connectivity index (χ4n) is 2.24. The SMILES string of the molecule is C=CC[C@H](O)/C=C(\C)C[C@@H](CO[Si](C)(C)C(C)(C)C)O[Si](C)(C)C(C)(C)C. The van der Waals surface area contributed by atoms with Crippen molar-refractivity contribution >= 4 is 16.6 Å². The van der Waals surface area contributed by atoms with Crippen LogP contribution < -0.4 is 0 Å². The summed E-state index contributed by atoms with van der Waals surface area (Å²) in [6.45, 7) is 29.1. The number of hydrogen-bond acceptors (Lipinski definition) is 3. The molecule has 0 unspecified atom stereocenters. The first kappa shape index (κ1) is 26.8. The molecule has 0 amide bonds. The Morgan fingerprint density at radius 3 is 1.89 bits per heavy atom. The molecule has 0 bridgehead atoms. The molecule has 2 atom stereocenters. The summed E-state index contributed by atoms with van der Waals surface area (Å²) in [7, 11) is -3.73. The Labute approximate surface area is 171 Å². The van der Waals surface area contributed by atoms with Crippen LogP contribution in [-0.2, 0) is 8.85 Å². The molecule has 0 radical (unpaired) electrons. The molecule has 0 aromatic rings. The van der Waals surface area contributed by atoms with Gasteiger partial charge in [-0.3, -0.25) is 0 Å². The summed E-state index contributed by atoms with van der Waals surface area (Å²) in [5, 5.41) is 10.4. The minimum Gasteiger partial charge on any atom is -0.414 e. The average Bonchev–Trinajstić information content (AvgIpc) is 2.42. The van der Waals surface area contributed by atoms with Gasteiger partial charge in [-0.1, -0.05) is 59.3 Å². The standard InChI is InChI=1S/C22H46O3Si2/c1-13-14-19(23)15-18(2)16-20(25-27(11,12)22(6,7)8)17-24-26(9,10)21(3,4)5/h13,15,19-20,23H,1,14,16-17H2,2-12H3/b18-15+/t19-,20-/m0/s1. The van der Waals surface area contributed by atoms with Crippen LogP contribution in [-0.4, -0.2) is 40.6 Å². The molecule has 0 aromatic carbocycles. The summed E-state index contributed by atoms with van der Waals surface area (Å²) in [6, 6.07) is 0. The zero-order valence-corrected chi connectivity index (χ0v) is 21.9. The summed E-state index contributed by atoms with van der Waals surface area (Å²) >= 11 is 0. The van der Waals surface area contributed by atoms with Crippen LogP contribution in [0.3, 0.4) is 0 Å². The van der Waals surface area contributed by atoms with Gasteiger partial charge < -0.3 is 14.0 Å². The lowest BCUT2D eigenvalue weighted by Crippen LogP contribution is -2.48. The van der Waals surface area contributed by atoms with Gasteiger partial charge in [0.1, 0.15) is 0 Å². The Morgan fingerprint density at radius 1 is 1.00 bits per heavy atom. The minimum atomic E-state index is -1.90. The molecule has 0 aliphatic heterocycles. The molecule has 0 fully saturated rings. The van der Waals surface area contributed by atoms with Gasteiger partial charge in [-0.25, -0.2) is 0 Å². The van der Waals surface area contributed by atoms with Crippen molar-refractivity contribution in [3.05, 3.63) is 24.3 Å².